The van der Waals surface area contributed by atoms with Crippen LogP contribution in [0, 0.1) is 5.92 Å². The van der Waals surface area contributed by atoms with Gasteiger partial charge >= 0.3 is 0 Å². The van der Waals surface area contributed by atoms with Gasteiger partial charge in [0.05, 0.1) is 15.5 Å². The van der Waals surface area contributed by atoms with Crippen LogP contribution in [0.2, 0.25) is 0 Å². The fraction of sp³-hybridized carbons (Fsp3) is 0.517. The smallest absolute Gasteiger partial charge is 0.280 e. The van der Waals surface area contributed by atoms with Crippen LogP contribution < -0.4 is 10.0 Å². The number of aromatic nitrogens is 1. The summed E-state index contributed by atoms with van der Waals surface area (Å²) < 4.78 is 29.3. The molecule has 0 bridgehead atoms. The number of nitrogens with zero attached hydrogens (tertiary/aromatic N) is 1. The Morgan fingerprint density at radius 1 is 0.973 bits per heavy atom. The normalized spacial score (nSPS) is 17.6. The maximum absolute atomic E-state index is 13.3. The zero-order chi connectivity index (χ0) is 26.2. The molecule has 2 aliphatic rings. The van der Waals surface area contributed by atoms with E-state index in [1.54, 1.807) is 6.07 Å². The Balaban J connectivity index is 1.56. The molecule has 0 saturated heterocycles. The molecule has 5 rings (SSSR count). The third-order valence-corrected chi connectivity index (χ3v) is 10.3. The van der Waals surface area contributed by atoms with Gasteiger partial charge < -0.3 is 5.32 Å². The molecular weight excluding hydrogens is 502 g/mol. The highest BCUT2D eigenvalue weighted by Crippen LogP contribution is 2.40. The summed E-state index contributed by atoms with van der Waals surface area (Å²) in [6.07, 6.45) is 10.1. The Kier molecular flexibility index (Phi) is 7.44. The van der Waals surface area contributed by atoms with Gasteiger partial charge in [0.1, 0.15) is 0 Å². The second-order valence-electron chi connectivity index (χ2n) is 11.6. The van der Waals surface area contributed by atoms with Gasteiger partial charge in [0.15, 0.2) is 5.01 Å². The van der Waals surface area contributed by atoms with E-state index in [4.69, 9.17) is 4.98 Å². The number of sulfonamides is 1. The molecule has 8 heteroatoms. The third kappa shape index (κ3) is 5.91. The molecule has 0 atom stereocenters. The topological polar surface area (TPSA) is 88.2 Å². The van der Waals surface area contributed by atoms with E-state index in [1.807, 2.05) is 51.1 Å². The van der Waals surface area contributed by atoms with Crippen molar-refractivity contribution in [1.82, 2.24) is 15.0 Å². The number of hydrogen-bond donors (Lipinski definition) is 2. The van der Waals surface area contributed by atoms with Gasteiger partial charge in [-0.2, -0.15) is 0 Å². The number of carbonyl (C=O) groups excluding carboxylic acids is 1. The van der Waals surface area contributed by atoms with Gasteiger partial charge in [-0.25, -0.2) is 18.1 Å². The molecule has 1 amide bonds. The van der Waals surface area contributed by atoms with Crippen LogP contribution in [0.1, 0.15) is 87.6 Å². The molecule has 1 aromatic heterocycles. The lowest BCUT2D eigenvalue weighted by Gasteiger charge is -2.25. The average molecular weight is 540 g/mol. The van der Waals surface area contributed by atoms with Crippen LogP contribution >= 0.6 is 11.3 Å². The first kappa shape index (κ1) is 26.3. The summed E-state index contributed by atoms with van der Waals surface area (Å²) in [6, 6.07) is 11.4. The van der Waals surface area contributed by atoms with Gasteiger partial charge in [-0.1, -0.05) is 68.9 Å². The van der Waals surface area contributed by atoms with Crippen molar-refractivity contribution >= 4 is 38.0 Å². The molecule has 2 saturated carbocycles. The van der Waals surface area contributed by atoms with Crippen LogP contribution in [0.15, 0.2) is 41.3 Å². The first-order valence-corrected chi connectivity index (χ1v) is 15.8. The van der Waals surface area contributed by atoms with E-state index in [-0.39, 0.29) is 16.8 Å². The van der Waals surface area contributed by atoms with Gasteiger partial charge in [0.25, 0.3) is 5.91 Å². The quantitative estimate of drug-likeness (QED) is 0.361. The van der Waals surface area contributed by atoms with E-state index < -0.39 is 15.6 Å². The molecule has 1 heterocycles. The zero-order valence-electron chi connectivity index (χ0n) is 22.0. The van der Waals surface area contributed by atoms with Crippen molar-refractivity contribution in [3.05, 3.63) is 47.1 Å². The van der Waals surface area contributed by atoms with Gasteiger partial charge in [-0.05, 0) is 57.4 Å². The Labute approximate surface area is 224 Å². The summed E-state index contributed by atoms with van der Waals surface area (Å²) in [5.74, 6) is 0.507. The predicted molar refractivity (Wildman–Crippen MR) is 151 cm³/mol. The number of thiazole rings is 1. The molecule has 3 aromatic rings. The van der Waals surface area contributed by atoms with E-state index in [0.717, 1.165) is 53.6 Å². The van der Waals surface area contributed by atoms with Gasteiger partial charge in [-0.3, -0.25) is 4.79 Å². The minimum absolute atomic E-state index is 0.0871. The predicted octanol–water partition coefficient (Wildman–Crippen LogP) is 6.45. The number of carbonyl (C=O) groups is 1. The number of nitrogens with one attached hydrogen (secondary N) is 2. The van der Waals surface area contributed by atoms with Gasteiger partial charge in [0, 0.05) is 22.5 Å². The van der Waals surface area contributed by atoms with Crippen LogP contribution in [0.5, 0.6) is 0 Å². The van der Waals surface area contributed by atoms with Crippen LogP contribution in [-0.2, 0) is 16.4 Å². The van der Waals surface area contributed by atoms with Crippen LogP contribution in [0.3, 0.4) is 0 Å². The maximum atomic E-state index is 13.3. The lowest BCUT2D eigenvalue weighted by Crippen LogP contribution is -2.40. The highest BCUT2D eigenvalue weighted by molar-refractivity contribution is 7.89. The number of rotatable bonds is 7. The lowest BCUT2D eigenvalue weighted by molar-refractivity contribution is 0.0927. The first-order chi connectivity index (χ1) is 17.6. The largest absolute Gasteiger partial charge is 0.347 e. The number of hydrogen-bond acceptors (Lipinski definition) is 5. The summed E-state index contributed by atoms with van der Waals surface area (Å²) in [4.78, 5) is 19.3. The van der Waals surface area contributed by atoms with Crippen molar-refractivity contribution in [3.8, 4) is 10.4 Å². The molecule has 0 radical (unpaired) electrons. The SMILES string of the molecule is CC(C)(C)NS(=O)(=O)c1ccc(-c2sc(C(=O)NC3CCCCC3)nc2CC2CCC2)c2ccccc12. The Hall–Kier alpha value is -2.29. The van der Waals surface area contributed by atoms with Crippen LogP contribution in [0.4, 0.5) is 0 Å². The molecule has 0 aliphatic heterocycles. The molecule has 6 nitrogen and oxygen atoms in total. The van der Waals surface area contributed by atoms with Gasteiger partial charge in [0.2, 0.25) is 10.0 Å². The number of fused-ring (bicyclic) bond motifs is 1. The standard InChI is InChI=1S/C29H37N3O3S2/c1-29(2,3)32-37(34,35)25-17-16-23(21-14-7-8-15-22(21)25)26-24(18-19-10-9-11-19)31-28(36-26)27(33)30-20-12-5-4-6-13-20/h7-8,14-17,19-20,32H,4-6,9-13,18H2,1-3H3,(H,30,33). The molecule has 198 valence electrons. The summed E-state index contributed by atoms with van der Waals surface area (Å²) in [5.41, 5.74) is 1.30. The Morgan fingerprint density at radius 3 is 2.32 bits per heavy atom. The van der Waals surface area contributed by atoms with Crippen molar-refractivity contribution in [3.63, 3.8) is 0 Å². The molecule has 2 aromatic carbocycles. The Morgan fingerprint density at radius 2 is 1.68 bits per heavy atom. The monoisotopic (exact) mass is 539 g/mol. The van der Waals surface area contributed by atoms with E-state index in [1.165, 1.54) is 37.0 Å². The van der Waals surface area contributed by atoms with Crippen molar-refractivity contribution in [2.45, 2.75) is 95.0 Å². The van der Waals surface area contributed by atoms with Gasteiger partial charge in [-0.15, -0.1) is 11.3 Å². The number of amides is 1. The first-order valence-electron chi connectivity index (χ1n) is 13.5. The van der Waals surface area contributed by atoms with Crippen molar-refractivity contribution in [1.29, 1.82) is 0 Å². The second-order valence-corrected chi connectivity index (χ2v) is 14.3. The van der Waals surface area contributed by atoms with Crippen molar-refractivity contribution < 1.29 is 13.2 Å². The highest BCUT2D eigenvalue weighted by Gasteiger charge is 2.28. The summed E-state index contributed by atoms with van der Waals surface area (Å²) in [5, 5.41) is 5.25. The minimum atomic E-state index is -3.72. The highest BCUT2D eigenvalue weighted by atomic mass is 32.2. The van der Waals surface area contributed by atoms with E-state index in [2.05, 4.69) is 10.0 Å². The van der Waals surface area contributed by atoms with Crippen LogP contribution in [-0.4, -0.2) is 30.9 Å². The summed E-state index contributed by atoms with van der Waals surface area (Å²) in [7, 11) is -3.72. The molecule has 2 fully saturated rings. The number of benzene rings is 2. The lowest BCUT2D eigenvalue weighted by atomic mass is 9.81. The molecule has 0 spiro atoms. The third-order valence-electron chi connectivity index (χ3n) is 7.40. The second kappa shape index (κ2) is 10.5. The van der Waals surface area contributed by atoms with E-state index >= 15 is 0 Å². The average Bonchev–Trinajstić information content (AvgIpc) is 3.24. The molecule has 0 unspecified atom stereocenters. The van der Waals surface area contributed by atoms with E-state index in [9.17, 15) is 13.2 Å². The molecule has 2 N–H and O–H groups in total. The minimum Gasteiger partial charge on any atom is -0.347 e. The maximum Gasteiger partial charge on any atom is 0.280 e. The van der Waals surface area contributed by atoms with Crippen LogP contribution in [0.25, 0.3) is 21.2 Å². The zero-order valence-corrected chi connectivity index (χ0v) is 23.6. The summed E-state index contributed by atoms with van der Waals surface area (Å²) in [6.45, 7) is 5.52. The Bertz CT molecular complexity index is 1400. The van der Waals surface area contributed by atoms with Crippen molar-refractivity contribution in [2.24, 2.45) is 5.92 Å². The van der Waals surface area contributed by atoms with Crippen molar-refractivity contribution in [2.75, 3.05) is 0 Å². The molecular formula is C29H37N3O3S2. The molecule has 37 heavy (non-hydrogen) atoms. The fourth-order valence-electron chi connectivity index (χ4n) is 5.42. The summed E-state index contributed by atoms with van der Waals surface area (Å²) >= 11 is 1.44. The molecule has 2 aliphatic carbocycles. The van der Waals surface area contributed by atoms with E-state index in [0.29, 0.717) is 16.3 Å². The fourth-order valence-corrected chi connectivity index (χ4v) is 8.09.